The van der Waals surface area contributed by atoms with Crippen LogP contribution in [0.15, 0.2) is 0 Å². The molecule has 3 heterocycles. The first kappa shape index (κ1) is 17.1. The normalized spacial score (nSPS) is 40.5. The van der Waals surface area contributed by atoms with Gasteiger partial charge in [0.1, 0.15) is 18.3 Å². The van der Waals surface area contributed by atoms with Crippen LogP contribution in [0.4, 0.5) is 0 Å². The molecule has 3 aliphatic rings. The van der Waals surface area contributed by atoms with E-state index in [0.717, 1.165) is 0 Å². The Morgan fingerprint density at radius 1 is 1.00 bits per heavy atom. The van der Waals surface area contributed by atoms with E-state index in [-0.39, 0.29) is 12.5 Å². The minimum atomic E-state index is -0.848. The summed E-state index contributed by atoms with van der Waals surface area (Å²) in [5, 5.41) is 11.6. The second kappa shape index (κ2) is 5.94. The van der Waals surface area contributed by atoms with Gasteiger partial charge in [0, 0.05) is 13.2 Å². The molecular weight excluding hydrogens is 306 g/mol. The molecule has 2 N–H and O–H groups in total. The van der Waals surface area contributed by atoms with E-state index < -0.39 is 42.3 Å². The first-order valence-electron chi connectivity index (χ1n) is 7.98. The van der Waals surface area contributed by atoms with E-state index in [1.165, 1.54) is 0 Å². The number of rotatable bonds is 4. The van der Waals surface area contributed by atoms with Gasteiger partial charge in [-0.3, -0.25) is 4.79 Å². The van der Waals surface area contributed by atoms with Gasteiger partial charge in [0.25, 0.3) is 5.91 Å². The lowest BCUT2D eigenvalue weighted by Gasteiger charge is -2.36. The minimum absolute atomic E-state index is 0.0142. The predicted octanol–water partition coefficient (Wildman–Crippen LogP) is -0.118. The lowest BCUT2D eigenvalue weighted by Crippen LogP contribution is -2.59. The van der Waals surface area contributed by atoms with Gasteiger partial charge in [0.15, 0.2) is 24.0 Å². The Balaban J connectivity index is 1.77. The number of fused-ring (bicyclic) bond motifs is 3. The Morgan fingerprint density at radius 2 is 1.61 bits per heavy atom. The number of aliphatic hydroxyl groups is 1. The van der Waals surface area contributed by atoms with Gasteiger partial charge in [-0.15, -0.1) is 0 Å². The number of aliphatic hydroxyl groups excluding tert-OH is 1. The molecule has 8 nitrogen and oxygen atoms in total. The monoisotopic (exact) mass is 331 g/mol. The third-order valence-electron chi connectivity index (χ3n) is 4.05. The summed E-state index contributed by atoms with van der Waals surface area (Å²) in [6, 6.07) is 0. The molecule has 3 saturated heterocycles. The Hall–Kier alpha value is -0.770. The fraction of sp³-hybridized carbons (Fsp3) is 0.933. The van der Waals surface area contributed by atoms with Gasteiger partial charge in [-0.25, -0.2) is 0 Å². The molecule has 0 aromatic carbocycles. The van der Waals surface area contributed by atoms with Crippen LogP contribution in [0.3, 0.4) is 0 Å². The summed E-state index contributed by atoms with van der Waals surface area (Å²) >= 11 is 0. The highest BCUT2D eigenvalue weighted by molar-refractivity contribution is 5.81. The summed E-state index contributed by atoms with van der Waals surface area (Å²) < 4.78 is 29.2. The summed E-state index contributed by atoms with van der Waals surface area (Å²) in [6.07, 6.45) is -2.51. The minimum Gasteiger partial charge on any atom is -0.396 e. The van der Waals surface area contributed by atoms with Crippen molar-refractivity contribution in [1.82, 2.24) is 5.32 Å². The third-order valence-corrected chi connectivity index (χ3v) is 4.05. The second-order valence-electron chi connectivity index (χ2n) is 6.96. The van der Waals surface area contributed by atoms with Gasteiger partial charge in [0.05, 0.1) is 0 Å². The summed E-state index contributed by atoms with van der Waals surface area (Å²) in [4.78, 5) is 12.4. The van der Waals surface area contributed by atoms with E-state index >= 15 is 0 Å². The van der Waals surface area contributed by atoms with E-state index in [2.05, 4.69) is 5.32 Å². The van der Waals surface area contributed by atoms with Crippen LogP contribution in [-0.4, -0.2) is 66.4 Å². The maximum absolute atomic E-state index is 12.4. The Morgan fingerprint density at radius 3 is 2.30 bits per heavy atom. The number of hydrogen-bond acceptors (Lipinski definition) is 7. The van der Waals surface area contributed by atoms with E-state index in [0.29, 0.717) is 13.0 Å². The standard InChI is InChI=1S/C15H25NO7/c1-14(2)20-8-9(21-14)11-13(23-15(3,4)22-11)19-10(8)12(18)16-6-5-7-17/h8-11,13,17H,5-7H2,1-4H3,(H,16,18)/t8-,9-,10+,11+,13-/m0/s1. The van der Waals surface area contributed by atoms with E-state index in [1.54, 1.807) is 27.7 Å². The summed E-state index contributed by atoms with van der Waals surface area (Å²) in [5.41, 5.74) is 0. The van der Waals surface area contributed by atoms with Crippen LogP contribution in [0.5, 0.6) is 0 Å². The zero-order valence-electron chi connectivity index (χ0n) is 13.9. The van der Waals surface area contributed by atoms with Crippen molar-refractivity contribution in [3.8, 4) is 0 Å². The van der Waals surface area contributed by atoms with Crippen molar-refractivity contribution in [2.75, 3.05) is 13.2 Å². The fourth-order valence-corrected chi connectivity index (χ4v) is 3.21. The Kier molecular flexibility index (Phi) is 4.41. The van der Waals surface area contributed by atoms with Crippen LogP contribution in [0.25, 0.3) is 0 Å². The maximum atomic E-state index is 12.4. The number of carbonyl (C=O) groups is 1. The zero-order valence-corrected chi connectivity index (χ0v) is 13.9. The average Bonchev–Trinajstić information content (AvgIpc) is 2.92. The van der Waals surface area contributed by atoms with Crippen molar-refractivity contribution in [3.63, 3.8) is 0 Å². The predicted molar refractivity (Wildman–Crippen MR) is 77.2 cm³/mol. The SMILES string of the molecule is CC1(C)O[C@@H]2O[C@@H](C(=O)NCCCO)[C@H]3OC(C)(C)O[C@@H]3[C@H]2O1. The van der Waals surface area contributed by atoms with E-state index in [9.17, 15) is 4.79 Å². The molecule has 0 saturated carbocycles. The molecule has 0 aliphatic carbocycles. The molecule has 0 radical (unpaired) electrons. The lowest BCUT2D eigenvalue weighted by atomic mass is 9.98. The van der Waals surface area contributed by atoms with Crippen molar-refractivity contribution >= 4 is 5.91 Å². The van der Waals surface area contributed by atoms with Crippen LogP contribution in [0, 0.1) is 0 Å². The molecule has 23 heavy (non-hydrogen) atoms. The molecule has 0 bridgehead atoms. The van der Waals surface area contributed by atoms with E-state index in [4.69, 9.17) is 28.8 Å². The second-order valence-corrected chi connectivity index (χ2v) is 6.96. The van der Waals surface area contributed by atoms with Crippen LogP contribution < -0.4 is 5.32 Å². The lowest BCUT2D eigenvalue weighted by molar-refractivity contribution is -0.231. The molecule has 3 aliphatic heterocycles. The molecule has 132 valence electrons. The summed E-state index contributed by atoms with van der Waals surface area (Å²) in [5.74, 6) is -1.94. The first-order chi connectivity index (χ1) is 10.7. The van der Waals surface area contributed by atoms with Crippen molar-refractivity contribution in [2.45, 2.75) is 76.4 Å². The number of carbonyl (C=O) groups excluding carboxylic acids is 1. The van der Waals surface area contributed by atoms with Gasteiger partial charge in [-0.1, -0.05) is 0 Å². The highest BCUT2D eigenvalue weighted by Gasteiger charge is 2.62. The van der Waals surface area contributed by atoms with Gasteiger partial charge < -0.3 is 34.1 Å². The van der Waals surface area contributed by atoms with Gasteiger partial charge in [0.2, 0.25) is 0 Å². The van der Waals surface area contributed by atoms with Crippen LogP contribution in [-0.2, 0) is 28.5 Å². The molecule has 3 fully saturated rings. The molecular formula is C15H25NO7. The summed E-state index contributed by atoms with van der Waals surface area (Å²) in [7, 11) is 0. The molecule has 3 rings (SSSR count). The van der Waals surface area contributed by atoms with Gasteiger partial charge in [-0.05, 0) is 34.1 Å². The number of amides is 1. The zero-order chi connectivity index (χ0) is 16.8. The quantitative estimate of drug-likeness (QED) is 0.694. The van der Waals surface area contributed by atoms with Crippen molar-refractivity contribution < 1.29 is 33.6 Å². The molecule has 0 spiro atoms. The fourth-order valence-electron chi connectivity index (χ4n) is 3.21. The number of ether oxygens (including phenoxy) is 5. The highest BCUT2D eigenvalue weighted by atomic mass is 16.9. The van der Waals surface area contributed by atoms with Crippen molar-refractivity contribution in [2.24, 2.45) is 0 Å². The van der Waals surface area contributed by atoms with Crippen LogP contribution in [0.1, 0.15) is 34.1 Å². The van der Waals surface area contributed by atoms with Gasteiger partial charge >= 0.3 is 0 Å². The molecule has 0 aromatic heterocycles. The molecule has 5 atom stereocenters. The molecule has 0 aromatic rings. The average molecular weight is 331 g/mol. The highest BCUT2D eigenvalue weighted by Crippen LogP contribution is 2.44. The first-order valence-corrected chi connectivity index (χ1v) is 7.98. The Bertz CT molecular complexity index is 467. The molecule has 1 amide bonds. The van der Waals surface area contributed by atoms with Crippen LogP contribution >= 0.6 is 0 Å². The Labute approximate surface area is 135 Å². The smallest absolute Gasteiger partial charge is 0.252 e. The third kappa shape index (κ3) is 3.38. The van der Waals surface area contributed by atoms with Gasteiger partial charge in [-0.2, -0.15) is 0 Å². The molecule has 0 unspecified atom stereocenters. The number of hydrogen-bond donors (Lipinski definition) is 2. The van der Waals surface area contributed by atoms with E-state index in [1.807, 2.05) is 0 Å². The van der Waals surface area contributed by atoms with Crippen molar-refractivity contribution in [1.29, 1.82) is 0 Å². The van der Waals surface area contributed by atoms with Crippen molar-refractivity contribution in [3.05, 3.63) is 0 Å². The maximum Gasteiger partial charge on any atom is 0.252 e. The molecule has 8 heteroatoms. The topological polar surface area (TPSA) is 95.5 Å². The van der Waals surface area contributed by atoms with Crippen LogP contribution in [0.2, 0.25) is 0 Å². The number of nitrogens with one attached hydrogen (secondary N) is 1. The largest absolute Gasteiger partial charge is 0.396 e. The summed E-state index contributed by atoms with van der Waals surface area (Å²) in [6.45, 7) is 7.56.